The highest BCUT2D eigenvalue weighted by Crippen LogP contribution is 2.36. The maximum atomic E-state index is 14.2. The van der Waals surface area contributed by atoms with E-state index in [2.05, 4.69) is 11.5 Å². The normalized spacial score (nSPS) is 15.2. The number of ether oxygens (including phenoxy) is 1. The van der Waals surface area contributed by atoms with Crippen LogP contribution in [0.2, 0.25) is 0 Å². The van der Waals surface area contributed by atoms with Crippen molar-refractivity contribution in [2.24, 2.45) is 5.84 Å². The SMILES string of the molecule is COc1ccc(C(NN)c2cc3c(s2)CCC3)c(F)c1. The molecule has 20 heavy (non-hydrogen) atoms. The van der Waals surface area contributed by atoms with E-state index in [1.807, 2.05) is 0 Å². The van der Waals surface area contributed by atoms with E-state index >= 15 is 0 Å². The Labute approximate surface area is 121 Å². The minimum atomic E-state index is -0.309. The number of hydrazine groups is 1. The van der Waals surface area contributed by atoms with Crippen molar-refractivity contribution in [2.45, 2.75) is 25.3 Å². The minimum Gasteiger partial charge on any atom is -0.497 e. The van der Waals surface area contributed by atoms with Crippen LogP contribution in [0.1, 0.15) is 33.3 Å². The molecular formula is C15H17FN2OS. The molecule has 1 heterocycles. The number of hydrogen-bond acceptors (Lipinski definition) is 4. The Balaban J connectivity index is 1.96. The minimum absolute atomic E-state index is 0.305. The summed E-state index contributed by atoms with van der Waals surface area (Å²) in [6, 6.07) is 6.71. The van der Waals surface area contributed by atoms with Crippen LogP contribution in [0.25, 0.3) is 0 Å². The Morgan fingerprint density at radius 1 is 1.35 bits per heavy atom. The number of halogens is 1. The number of benzene rings is 1. The molecule has 5 heteroatoms. The highest BCUT2D eigenvalue weighted by molar-refractivity contribution is 7.12. The number of nitrogens with one attached hydrogen (secondary N) is 1. The summed E-state index contributed by atoms with van der Waals surface area (Å²) in [4.78, 5) is 2.48. The monoisotopic (exact) mass is 292 g/mol. The third-order valence-corrected chi connectivity index (χ3v) is 5.04. The zero-order valence-corrected chi connectivity index (χ0v) is 12.1. The van der Waals surface area contributed by atoms with Gasteiger partial charge in [0.05, 0.1) is 13.2 Å². The summed E-state index contributed by atoms with van der Waals surface area (Å²) in [5.41, 5.74) is 4.67. The third kappa shape index (κ3) is 2.32. The molecule has 0 amide bonds. The fourth-order valence-electron chi connectivity index (χ4n) is 2.69. The zero-order chi connectivity index (χ0) is 14.1. The lowest BCUT2D eigenvalue weighted by Gasteiger charge is -2.16. The Bertz CT molecular complexity index is 605. The molecule has 0 saturated heterocycles. The van der Waals surface area contributed by atoms with E-state index in [1.54, 1.807) is 23.5 Å². The molecule has 106 valence electrons. The van der Waals surface area contributed by atoms with Crippen LogP contribution in [0.4, 0.5) is 4.39 Å². The molecule has 1 aliphatic carbocycles. The maximum absolute atomic E-state index is 14.2. The molecule has 1 atom stereocenters. The first-order valence-corrected chi connectivity index (χ1v) is 7.45. The average Bonchev–Trinajstić information content (AvgIpc) is 3.02. The van der Waals surface area contributed by atoms with Crippen molar-refractivity contribution in [3.63, 3.8) is 0 Å². The van der Waals surface area contributed by atoms with Gasteiger partial charge in [0.15, 0.2) is 0 Å². The van der Waals surface area contributed by atoms with Gasteiger partial charge in [0.2, 0.25) is 0 Å². The summed E-state index contributed by atoms with van der Waals surface area (Å²) >= 11 is 1.73. The predicted octanol–water partition coefficient (Wildman–Crippen LogP) is 2.94. The average molecular weight is 292 g/mol. The van der Waals surface area contributed by atoms with E-state index in [9.17, 15) is 4.39 Å². The van der Waals surface area contributed by atoms with E-state index in [-0.39, 0.29) is 11.9 Å². The molecular weight excluding hydrogens is 275 g/mol. The molecule has 1 aromatic heterocycles. The van der Waals surface area contributed by atoms with E-state index in [1.165, 1.54) is 30.0 Å². The second kappa shape index (κ2) is 5.52. The standard InChI is InChI=1S/C15H17FN2OS/c1-19-10-5-6-11(12(16)8-10)15(18-17)14-7-9-3-2-4-13(9)20-14/h5-8,15,18H,2-4,17H2,1H3. The largest absolute Gasteiger partial charge is 0.497 e. The van der Waals surface area contributed by atoms with Crippen LogP contribution in [0, 0.1) is 5.82 Å². The van der Waals surface area contributed by atoms with Gasteiger partial charge in [0, 0.05) is 21.4 Å². The Morgan fingerprint density at radius 2 is 2.20 bits per heavy atom. The number of fused-ring (bicyclic) bond motifs is 1. The number of rotatable bonds is 4. The number of methoxy groups -OCH3 is 1. The van der Waals surface area contributed by atoms with Crippen LogP contribution in [-0.2, 0) is 12.8 Å². The number of nitrogens with two attached hydrogens (primary N) is 1. The van der Waals surface area contributed by atoms with Gasteiger partial charge in [-0.15, -0.1) is 11.3 Å². The molecule has 0 fully saturated rings. The number of thiophene rings is 1. The fourth-order valence-corrected chi connectivity index (χ4v) is 4.03. The van der Waals surface area contributed by atoms with E-state index in [0.29, 0.717) is 11.3 Å². The van der Waals surface area contributed by atoms with Crippen molar-refractivity contribution in [2.75, 3.05) is 7.11 Å². The highest BCUT2D eigenvalue weighted by atomic mass is 32.1. The van der Waals surface area contributed by atoms with Crippen molar-refractivity contribution >= 4 is 11.3 Å². The van der Waals surface area contributed by atoms with Crippen LogP contribution in [0.3, 0.4) is 0 Å². The van der Waals surface area contributed by atoms with Crippen molar-refractivity contribution < 1.29 is 9.13 Å². The molecule has 0 aliphatic heterocycles. The van der Waals surface area contributed by atoms with Crippen LogP contribution < -0.4 is 16.0 Å². The lowest BCUT2D eigenvalue weighted by atomic mass is 10.0. The van der Waals surface area contributed by atoms with E-state index < -0.39 is 0 Å². The van der Waals surface area contributed by atoms with Crippen molar-refractivity contribution in [3.8, 4) is 5.75 Å². The summed E-state index contributed by atoms with van der Waals surface area (Å²) in [7, 11) is 1.52. The van der Waals surface area contributed by atoms with Crippen LogP contribution in [0.5, 0.6) is 5.75 Å². The maximum Gasteiger partial charge on any atom is 0.132 e. The summed E-state index contributed by atoms with van der Waals surface area (Å²) in [5.74, 6) is 5.86. The Kier molecular flexibility index (Phi) is 3.74. The summed E-state index contributed by atoms with van der Waals surface area (Å²) in [6.45, 7) is 0. The summed E-state index contributed by atoms with van der Waals surface area (Å²) < 4.78 is 19.2. The lowest BCUT2D eigenvalue weighted by Crippen LogP contribution is -2.29. The van der Waals surface area contributed by atoms with Gasteiger partial charge in [-0.3, -0.25) is 5.84 Å². The fraction of sp³-hybridized carbons (Fsp3) is 0.333. The molecule has 2 aromatic rings. The zero-order valence-electron chi connectivity index (χ0n) is 11.3. The Morgan fingerprint density at radius 3 is 2.85 bits per heavy atom. The van der Waals surface area contributed by atoms with E-state index in [0.717, 1.165) is 17.7 Å². The summed E-state index contributed by atoms with van der Waals surface area (Å²) in [5, 5.41) is 0. The second-order valence-corrected chi connectivity index (χ2v) is 6.11. The highest BCUT2D eigenvalue weighted by Gasteiger charge is 2.23. The van der Waals surface area contributed by atoms with Crippen LogP contribution in [0.15, 0.2) is 24.3 Å². The van der Waals surface area contributed by atoms with Gasteiger partial charge in [-0.2, -0.15) is 0 Å². The smallest absolute Gasteiger partial charge is 0.132 e. The second-order valence-electron chi connectivity index (χ2n) is 4.94. The summed E-state index contributed by atoms with van der Waals surface area (Å²) in [6.07, 6.45) is 3.47. The van der Waals surface area contributed by atoms with Gasteiger partial charge >= 0.3 is 0 Å². The third-order valence-electron chi connectivity index (χ3n) is 3.74. The van der Waals surface area contributed by atoms with Crippen molar-refractivity contribution in [1.29, 1.82) is 0 Å². The Hall–Kier alpha value is -1.43. The predicted molar refractivity (Wildman–Crippen MR) is 78.5 cm³/mol. The van der Waals surface area contributed by atoms with Gasteiger partial charge in [-0.25, -0.2) is 9.82 Å². The topological polar surface area (TPSA) is 47.3 Å². The van der Waals surface area contributed by atoms with Gasteiger partial charge in [-0.05, 0) is 37.0 Å². The number of hydrogen-bond donors (Lipinski definition) is 2. The molecule has 3 rings (SSSR count). The van der Waals surface area contributed by atoms with Gasteiger partial charge in [0.1, 0.15) is 11.6 Å². The van der Waals surface area contributed by atoms with Crippen molar-refractivity contribution in [1.82, 2.24) is 5.43 Å². The quantitative estimate of drug-likeness (QED) is 0.673. The first kappa shape index (κ1) is 13.5. The molecule has 1 unspecified atom stereocenters. The van der Waals surface area contributed by atoms with Gasteiger partial charge in [0.25, 0.3) is 0 Å². The van der Waals surface area contributed by atoms with Gasteiger partial charge in [-0.1, -0.05) is 6.07 Å². The molecule has 1 aliphatic rings. The molecule has 1 aromatic carbocycles. The van der Waals surface area contributed by atoms with E-state index in [4.69, 9.17) is 10.6 Å². The molecule has 3 nitrogen and oxygen atoms in total. The van der Waals surface area contributed by atoms with Crippen LogP contribution in [-0.4, -0.2) is 7.11 Å². The van der Waals surface area contributed by atoms with Crippen molar-refractivity contribution in [3.05, 3.63) is 51.0 Å². The first-order valence-electron chi connectivity index (χ1n) is 6.64. The molecule has 0 radical (unpaired) electrons. The molecule has 0 saturated carbocycles. The van der Waals surface area contributed by atoms with Gasteiger partial charge < -0.3 is 4.74 Å². The molecule has 0 bridgehead atoms. The molecule has 0 spiro atoms. The first-order chi connectivity index (χ1) is 9.72. The lowest BCUT2D eigenvalue weighted by molar-refractivity contribution is 0.410. The number of aryl methyl sites for hydroxylation is 2. The molecule has 3 N–H and O–H groups in total. The van der Waals surface area contributed by atoms with Crippen LogP contribution >= 0.6 is 11.3 Å².